The zero-order valence-corrected chi connectivity index (χ0v) is 29.8. The van der Waals surface area contributed by atoms with Gasteiger partial charge in [0.15, 0.2) is 0 Å². The molecular formula is C49H41N3. The molecule has 0 fully saturated rings. The molecule has 3 nitrogen and oxygen atoms in total. The van der Waals surface area contributed by atoms with E-state index in [1.807, 2.05) is 6.20 Å². The zero-order chi connectivity index (χ0) is 34.8. The Morgan fingerprint density at radius 1 is 0.654 bits per heavy atom. The molecule has 252 valence electrons. The van der Waals surface area contributed by atoms with Gasteiger partial charge in [0.05, 0.1) is 17.1 Å². The van der Waals surface area contributed by atoms with Crippen molar-refractivity contribution in [3.8, 4) is 22.5 Å². The first kappa shape index (κ1) is 31.1. The van der Waals surface area contributed by atoms with Gasteiger partial charge in [-0.3, -0.25) is 4.98 Å². The molecule has 4 aromatic carbocycles. The van der Waals surface area contributed by atoms with Crippen LogP contribution < -0.4 is 0 Å². The number of allylic oxidation sites excluding steroid dienone is 7. The summed E-state index contributed by atoms with van der Waals surface area (Å²) in [6, 6.07) is 26.6. The molecule has 3 heteroatoms. The SMILES string of the molecule is CC1C=Cc2cc(-c3cc(-c4cc5ccccc5c5ccccc45)nc(C4C=CC(c5nccc6c5C=CCC6)=CC4)n3)c3c(c2C1)CC(C)C=C3. The van der Waals surface area contributed by atoms with Crippen molar-refractivity contribution in [2.75, 3.05) is 0 Å². The molecule has 3 unspecified atom stereocenters. The summed E-state index contributed by atoms with van der Waals surface area (Å²) in [7, 11) is 0. The second-order valence-corrected chi connectivity index (χ2v) is 15.2. The summed E-state index contributed by atoms with van der Waals surface area (Å²) in [5.74, 6) is 1.98. The third-order valence-electron chi connectivity index (χ3n) is 11.6. The molecule has 4 aliphatic carbocycles. The maximum absolute atomic E-state index is 5.48. The molecule has 0 N–H and O–H groups in total. The molecule has 0 aliphatic heterocycles. The number of fused-ring (bicyclic) bond motifs is 7. The summed E-state index contributed by atoms with van der Waals surface area (Å²) < 4.78 is 0. The Labute approximate surface area is 305 Å². The van der Waals surface area contributed by atoms with E-state index in [1.54, 1.807) is 0 Å². The normalized spacial score (nSPS) is 20.1. The first-order valence-electron chi connectivity index (χ1n) is 19.0. The van der Waals surface area contributed by atoms with E-state index < -0.39 is 0 Å². The number of aryl methyl sites for hydroxylation is 1. The zero-order valence-electron chi connectivity index (χ0n) is 29.8. The lowest BCUT2D eigenvalue weighted by Gasteiger charge is -2.27. The number of nitrogens with zero attached hydrogens (tertiary/aromatic N) is 3. The van der Waals surface area contributed by atoms with Crippen molar-refractivity contribution in [3.05, 3.63) is 160 Å². The van der Waals surface area contributed by atoms with Crippen molar-refractivity contribution >= 4 is 45.3 Å². The summed E-state index contributed by atoms with van der Waals surface area (Å²) >= 11 is 0. The molecule has 0 saturated heterocycles. The maximum Gasteiger partial charge on any atom is 0.136 e. The first-order valence-corrected chi connectivity index (χ1v) is 19.0. The van der Waals surface area contributed by atoms with E-state index >= 15 is 0 Å². The summed E-state index contributed by atoms with van der Waals surface area (Å²) in [4.78, 5) is 15.8. The van der Waals surface area contributed by atoms with Gasteiger partial charge in [0, 0.05) is 28.8 Å². The van der Waals surface area contributed by atoms with Gasteiger partial charge in [-0.25, -0.2) is 9.97 Å². The van der Waals surface area contributed by atoms with Gasteiger partial charge in [0.25, 0.3) is 0 Å². The van der Waals surface area contributed by atoms with Gasteiger partial charge < -0.3 is 0 Å². The fourth-order valence-electron chi connectivity index (χ4n) is 8.90. The van der Waals surface area contributed by atoms with Crippen molar-refractivity contribution in [2.24, 2.45) is 11.8 Å². The highest BCUT2D eigenvalue weighted by Gasteiger charge is 2.26. The second-order valence-electron chi connectivity index (χ2n) is 15.2. The van der Waals surface area contributed by atoms with Crippen molar-refractivity contribution in [1.29, 1.82) is 0 Å². The van der Waals surface area contributed by atoms with Gasteiger partial charge in [-0.05, 0) is 123 Å². The van der Waals surface area contributed by atoms with Crippen LogP contribution in [0.1, 0.15) is 77.5 Å². The highest BCUT2D eigenvalue weighted by Crippen LogP contribution is 2.42. The predicted molar refractivity (Wildman–Crippen MR) is 218 cm³/mol. The number of rotatable bonds is 4. The minimum absolute atomic E-state index is 0.0500. The summed E-state index contributed by atoms with van der Waals surface area (Å²) in [6.45, 7) is 4.66. The lowest BCUT2D eigenvalue weighted by Crippen LogP contribution is -2.14. The van der Waals surface area contributed by atoms with Gasteiger partial charge >= 0.3 is 0 Å². The van der Waals surface area contributed by atoms with E-state index in [0.717, 1.165) is 60.6 Å². The Kier molecular flexibility index (Phi) is 7.49. The van der Waals surface area contributed by atoms with Crippen LogP contribution in [0.4, 0.5) is 0 Å². The smallest absolute Gasteiger partial charge is 0.136 e. The Morgan fingerprint density at radius 3 is 2.27 bits per heavy atom. The minimum atomic E-state index is 0.0500. The lowest BCUT2D eigenvalue weighted by atomic mass is 9.77. The van der Waals surface area contributed by atoms with Crippen molar-refractivity contribution in [3.63, 3.8) is 0 Å². The number of benzene rings is 4. The molecule has 52 heavy (non-hydrogen) atoms. The van der Waals surface area contributed by atoms with Gasteiger partial charge in [-0.2, -0.15) is 0 Å². The van der Waals surface area contributed by atoms with E-state index in [0.29, 0.717) is 11.8 Å². The fraction of sp³-hybridized carbons (Fsp3) is 0.204. The highest BCUT2D eigenvalue weighted by molar-refractivity contribution is 6.13. The fourth-order valence-corrected chi connectivity index (χ4v) is 8.90. The summed E-state index contributed by atoms with van der Waals surface area (Å²) in [6.07, 6.45) is 28.0. The molecule has 0 spiro atoms. The molecule has 0 saturated carbocycles. The van der Waals surface area contributed by atoms with E-state index in [9.17, 15) is 0 Å². The molecule has 3 atom stereocenters. The Hall–Kier alpha value is -5.67. The molecule has 4 aliphatic rings. The van der Waals surface area contributed by atoms with E-state index in [-0.39, 0.29) is 5.92 Å². The third-order valence-corrected chi connectivity index (χ3v) is 11.6. The Bertz CT molecular complexity index is 2600. The standard InChI is InChI=1S/C49H41N3/c1-30-15-17-36-28-45(41-22-16-31(2)26-43(41)42(36)25-30)47-29-46(44-27-35-10-4-5-11-37(35)39-13-7-8-14-40(39)44)51-49(52-47)34-20-18-33(19-21-34)48-38-12-6-3-9-32(38)23-24-50-48/h4-8,10-20,22-24,27-31,34H,3,9,21,25-26H2,1-2H3. The van der Waals surface area contributed by atoms with E-state index in [1.165, 1.54) is 66.1 Å². The molecule has 10 rings (SSSR count). The second kappa shape index (κ2) is 12.5. The summed E-state index contributed by atoms with van der Waals surface area (Å²) in [5, 5.41) is 4.94. The van der Waals surface area contributed by atoms with Crippen LogP contribution in [0.5, 0.6) is 0 Å². The first-order chi connectivity index (χ1) is 25.6. The number of hydrogen-bond acceptors (Lipinski definition) is 3. The number of hydrogen-bond donors (Lipinski definition) is 0. The quantitative estimate of drug-likeness (QED) is 0.175. The minimum Gasteiger partial charge on any atom is -0.256 e. The third kappa shape index (κ3) is 5.30. The number of aromatic nitrogens is 3. The Balaban J connectivity index is 1.15. The molecular weight excluding hydrogens is 631 g/mol. The van der Waals surface area contributed by atoms with Crippen LogP contribution >= 0.6 is 0 Å². The monoisotopic (exact) mass is 671 g/mol. The lowest BCUT2D eigenvalue weighted by molar-refractivity contribution is 0.676. The Morgan fingerprint density at radius 2 is 1.42 bits per heavy atom. The molecule has 0 amide bonds. The van der Waals surface area contributed by atoms with E-state index in [4.69, 9.17) is 15.0 Å². The van der Waals surface area contributed by atoms with Gasteiger partial charge in [0.1, 0.15) is 5.82 Å². The molecule has 2 aromatic heterocycles. The molecule has 0 bridgehead atoms. The largest absolute Gasteiger partial charge is 0.256 e. The van der Waals surface area contributed by atoms with Gasteiger partial charge in [0.2, 0.25) is 0 Å². The average Bonchev–Trinajstić information content (AvgIpc) is 3.20. The maximum atomic E-state index is 5.48. The van der Waals surface area contributed by atoms with Crippen molar-refractivity contribution in [1.82, 2.24) is 15.0 Å². The van der Waals surface area contributed by atoms with Crippen LogP contribution in [0.2, 0.25) is 0 Å². The van der Waals surface area contributed by atoms with Crippen molar-refractivity contribution < 1.29 is 0 Å². The van der Waals surface area contributed by atoms with Crippen LogP contribution in [0, 0.1) is 11.8 Å². The summed E-state index contributed by atoms with van der Waals surface area (Å²) in [5.41, 5.74) is 14.9. The van der Waals surface area contributed by atoms with Crippen LogP contribution in [-0.2, 0) is 19.3 Å². The van der Waals surface area contributed by atoms with Crippen LogP contribution in [0.3, 0.4) is 0 Å². The van der Waals surface area contributed by atoms with Gasteiger partial charge in [-0.1, -0.05) is 117 Å². The van der Waals surface area contributed by atoms with Crippen LogP contribution in [0.25, 0.3) is 67.9 Å². The van der Waals surface area contributed by atoms with E-state index in [2.05, 4.69) is 141 Å². The predicted octanol–water partition coefficient (Wildman–Crippen LogP) is 12.0. The average molecular weight is 672 g/mol. The van der Waals surface area contributed by atoms with Gasteiger partial charge in [-0.15, -0.1) is 0 Å². The highest BCUT2D eigenvalue weighted by atomic mass is 14.9. The molecule has 6 aromatic rings. The van der Waals surface area contributed by atoms with Crippen molar-refractivity contribution in [2.45, 2.75) is 51.9 Å². The number of pyridine rings is 1. The van der Waals surface area contributed by atoms with Crippen LogP contribution in [0.15, 0.2) is 115 Å². The topological polar surface area (TPSA) is 38.7 Å². The van der Waals surface area contributed by atoms with Crippen LogP contribution in [-0.4, -0.2) is 15.0 Å². The molecule has 0 radical (unpaired) electrons. The molecule has 2 heterocycles.